The van der Waals surface area contributed by atoms with Crippen molar-refractivity contribution in [1.29, 1.82) is 0 Å². The van der Waals surface area contributed by atoms with E-state index in [-0.39, 0.29) is 17.4 Å². The van der Waals surface area contributed by atoms with Gasteiger partial charge in [-0.3, -0.25) is 0 Å². The van der Waals surface area contributed by atoms with Crippen molar-refractivity contribution in [1.82, 2.24) is 10.3 Å². The molecule has 0 saturated heterocycles. The lowest BCUT2D eigenvalue weighted by molar-refractivity contribution is 0.437. The Bertz CT molecular complexity index is 505. The van der Waals surface area contributed by atoms with Crippen LogP contribution in [0.15, 0.2) is 28.8 Å². The van der Waals surface area contributed by atoms with Crippen molar-refractivity contribution < 1.29 is 13.2 Å². The summed E-state index contributed by atoms with van der Waals surface area (Å²) in [6.45, 7) is 1.84. The first-order valence-corrected chi connectivity index (χ1v) is 5.21. The van der Waals surface area contributed by atoms with Crippen molar-refractivity contribution in [2.24, 2.45) is 0 Å². The Labute approximate surface area is 97.5 Å². The van der Waals surface area contributed by atoms with E-state index >= 15 is 0 Å². The second-order valence-corrected chi connectivity index (χ2v) is 3.67. The zero-order valence-corrected chi connectivity index (χ0v) is 9.50. The predicted molar refractivity (Wildman–Crippen MR) is 59.3 cm³/mol. The van der Waals surface area contributed by atoms with Gasteiger partial charge in [0, 0.05) is 0 Å². The SMILES string of the molecule is CNC(C)c1ncc(-c2c(F)cccc2F)o1. The number of oxazole rings is 1. The van der Waals surface area contributed by atoms with Crippen molar-refractivity contribution in [3.63, 3.8) is 0 Å². The van der Waals surface area contributed by atoms with Gasteiger partial charge in [0.2, 0.25) is 5.89 Å². The van der Waals surface area contributed by atoms with E-state index in [2.05, 4.69) is 10.3 Å². The van der Waals surface area contributed by atoms with Gasteiger partial charge in [-0.1, -0.05) is 6.07 Å². The van der Waals surface area contributed by atoms with Gasteiger partial charge in [0.1, 0.15) is 11.6 Å². The molecule has 2 rings (SSSR count). The zero-order valence-electron chi connectivity index (χ0n) is 9.50. The normalized spacial score (nSPS) is 12.7. The molecule has 0 aliphatic heterocycles. The molecule has 0 radical (unpaired) electrons. The predicted octanol–water partition coefficient (Wildman–Crippen LogP) is 2.90. The fourth-order valence-corrected chi connectivity index (χ4v) is 1.46. The van der Waals surface area contributed by atoms with E-state index in [9.17, 15) is 8.78 Å². The molecule has 0 amide bonds. The molecule has 1 aromatic carbocycles. The molecule has 1 aromatic heterocycles. The summed E-state index contributed by atoms with van der Waals surface area (Å²) in [5.41, 5.74) is -0.186. The maximum atomic E-state index is 13.5. The number of rotatable bonds is 3. The maximum Gasteiger partial charge on any atom is 0.211 e. The van der Waals surface area contributed by atoms with E-state index in [1.807, 2.05) is 6.92 Å². The molecule has 1 atom stereocenters. The van der Waals surface area contributed by atoms with E-state index in [0.29, 0.717) is 5.89 Å². The minimum atomic E-state index is -0.662. The number of nitrogens with zero attached hydrogens (tertiary/aromatic N) is 1. The fraction of sp³-hybridized carbons (Fsp3) is 0.250. The summed E-state index contributed by atoms with van der Waals surface area (Å²) in [6.07, 6.45) is 1.32. The average Bonchev–Trinajstić information content (AvgIpc) is 2.77. The van der Waals surface area contributed by atoms with Crippen LogP contribution in [0.5, 0.6) is 0 Å². The highest BCUT2D eigenvalue weighted by molar-refractivity contribution is 5.58. The lowest BCUT2D eigenvalue weighted by atomic mass is 10.1. The number of nitrogens with one attached hydrogen (secondary N) is 1. The molecule has 1 heterocycles. The summed E-state index contributed by atoms with van der Waals surface area (Å²) in [5.74, 6) is -0.836. The first-order valence-electron chi connectivity index (χ1n) is 5.21. The van der Waals surface area contributed by atoms with E-state index in [4.69, 9.17) is 4.42 Å². The molecule has 2 aromatic rings. The van der Waals surface area contributed by atoms with Crippen molar-refractivity contribution >= 4 is 0 Å². The minimum Gasteiger partial charge on any atom is -0.439 e. The number of halogens is 2. The summed E-state index contributed by atoms with van der Waals surface area (Å²) in [5, 5.41) is 2.93. The van der Waals surface area contributed by atoms with Crippen LogP contribution in [-0.2, 0) is 0 Å². The molecular formula is C12H12F2N2O. The van der Waals surface area contributed by atoms with Crippen LogP contribution in [0.25, 0.3) is 11.3 Å². The van der Waals surface area contributed by atoms with Crippen LogP contribution in [0.3, 0.4) is 0 Å². The summed E-state index contributed by atoms with van der Waals surface area (Å²) in [7, 11) is 1.75. The Kier molecular flexibility index (Phi) is 3.19. The Hall–Kier alpha value is -1.75. The second-order valence-electron chi connectivity index (χ2n) is 3.67. The Morgan fingerprint density at radius 3 is 2.53 bits per heavy atom. The minimum absolute atomic E-state index is 0.0951. The molecule has 17 heavy (non-hydrogen) atoms. The topological polar surface area (TPSA) is 38.1 Å². The van der Waals surface area contributed by atoms with Crippen LogP contribution in [0.2, 0.25) is 0 Å². The third kappa shape index (κ3) is 2.19. The summed E-state index contributed by atoms with van der Waals surface area (Å²) in [6, 6.07) is 3.56. The van der Waals surface area contributed by atoms with Crippen LogP contribution in [0.4, 0.5) is 8.78 Å². The second kappa shape index (κ2) is 4.63. The van der Waals surface area contributed by atoms with Gasteiger partial charge in [-0.05, 0) is 26.1 Å². The quantitative estimate of drug-likeness (QED) is 0.893. The van der Waals surface area contributed by atoms with Gasteiger partial charge < -0.3 is 9.73 Å². The Morgan fingerprint density at radius 2 is 1.94 bits per heavy atom. The number of hydrogen-bond acceptors (Lipinski definition) is 3. The van der Waals surface area contributed by atoms with Gasteiger partial charge in [0.25, 0.3) is 0 Å². The molecule has 1 unspecified atom stereocenters. The fourth-order valence-electron chi connectivity index (χ4n) is 1.46. The van der Waals surface area contributed by atoms with Gasteiger partial charge in [-0.25, -0.2) is 13.8 Å². The highest BCUT2D eigenvalue weighted by Crippen LogP contribution is 2.27. The van der Waals surface area contributed by atoms with Crippen LogP contribution in [0, 0.1) is 11.6 Å². The molecule has 3 nitrogen and oxygen atoms in total. The highest BCUT2D eigenvalue weighted by Gasteiger charge is 2.17. The lowest BCUT2D eigenvalue weighted by Gasteiger charge is -2.04. The van der Waals surface area contributed by atoms with E-state index in [0.717, 1.165) is 0 Å². The Balaban J connectivity index is 2.44. The van der Waals surface area contributed by atoms with Gasteiger partial charge in [0.15, 0.2) is 5.76 Å². The molecule has 0 bridgehead atoms. The van der Waals surface area contributed by atoms with Gasteiger partial charge in [0.05, 0.1) is 17.8 Å². The smallest absolute Gasteiger partial charge is 0.211 e. The standard InChI is InChI=1S/C12H12F2N2O/c1-7(15-2)12-16-6-10(17-12)11-8(13)4-3-5-9(11)14/h3-7,15H,1-2H3. The molecule has 0 saturated carbocycles. The van der Waals surface area contributed by atoms with E-state index in [1.54, 1.807) is 7.05 Å². The Morgan fingerprint density at radius 1 is 1.29 bits per heavy atom. The summed E-state index contributed by atoms with van der Waals surface area (Å²) in [4.78, 5) is 3.98. The van der Waals surface area contributed by atoms with Crippen molar-refractivity contribution in [3.8, 4) is 11.3 Å². The summed E-state index contributed by atoms with van der Waals surface area (Å²) < 4.78 is 32.3. The third-order valence-electron chi connectivity index (χ3n) is 2.54. The number of aromatic nitrogens is 1. The molecular weight excluding hydrogens is 226 g/mol. The molecule has 0 spiro atoms. The van der Waals surface area contributed by atoms with Crippen LogP contribution < -0.4 is 5.32 Å². The average molecular weight is 238 g/mol. The molecule has 0 aliphatic carbocycles. The molecule has 90 valence electrons. The zero-order chi connectivity index (χ0) is 12.4. The third-order valence-corrected chi connectivity index (χ3v) is 2.54. The lowest BCUT2D eigenvalue weighted by Crippen LogP contribution is -2.12. The molecule has 0 fully saturated rings. The van der Waals surface area contributed by atoms with Crippen LogP contribution >= 0.6 is 0 Å². The van der Waals surface area contributed by atoms with E-state index in [1.165, 1.54) is 24.4 Å². The van der Waals surface area contributed by atoms with Gasteiger partial charge >= 0.3 is 0 Å². The van der Waals surface area contributed by atoms with Gasteiger partial charge in [-0.15, -0.1) is 0 Å². The molecule has 5 heteroatoms. The van der Waals surface area contributed by atoms with Crippen molar-refractivity contribution in [3.05, 3.63) is 41.9 Å². The van der Waals surface area contributed by atoms with Crippen LogP contribution in [-0.4, -0.2) is 12.0 Å². The molecule has 1 N–H and O–H groups in total. The van der Waals surface area contributed by atoms with Gasteiger partial charge in [-0.2, -0.15) is 0 Å². The first kappa shape index (κ1) is 11.7. The highest BCUT2D eigenvalue weighted by atomic mass is 19.1. The van der Waals surface area contributed by atoms with Crippen molar-refractivity contribution in [2.45, 2.75) is 13.0 Å². The molecule has 0 aliphatic rings. The van der Waals surface area contributed by atoms with Crippen molar-refractivity contribution in [2.75, 3.05) is 7.05 Å². The summed E-state index contributed by atoms with van der Waals surface area (Å²) >= 11 is 0. The largest absolute Gasteiger partial charge is 0.439 e. The monoisotopic (exact) mass is 238 g/mol. The first-order chi connectivity index (χ1) is 8.13. The van der Waals surface area contributed by atoms with E-state index < -0.39 is 11.6 Å². The van der Waals surface area contributed by atoms with Crippen LogP contribution in [0.1, 0.15) is 18.9 Å². The number of benzene rings is 1. The maximum absolute atomic E-state index is 13.5. The number of hydrogen-bond donors (Lipinski definition) is 1.